The normalized spacial score (nSPS) is 18.2. The van der Waals surface area contributed by atoms with Gasteiger partial charge < -0.3 is 30.2 Å². The van der Waals surface area contributed by atoms with Crippen molar-refractivity contribution in [2.24, 2.45) is 0 Å². The number of amides is 1. The molecule has 1 atom stereocenters. The van der Waals surface area contributed by atoms with E-state index in [1.165, 1.54) is 16.5 Å². The number of phenols is 1. The number of phenolic OH excluding ortho intramolecular Hbond substituents is 1. The molecule has 4 aromatic rings. The molecule has 0 aliphatic carbocycles. The Morgan fingerprint density at radius 2 is 2.02 bits per heavy atom. The van der Waals surface area contributed by atoms with Gasteiger partial charge in [0.2, 0.25) is 0 Å². The number of nitrogens with zero attached hydrogens (tertiary/aromatic N) is 2. The number of morpholine rings is 1. The van der Waals surface area contributed by atoms with Crippen LogP contribution in [0.25, 0.3) is 10.2 Å². The smallest absolute Gasteiger partial charge is 0.305 e. The number of aromatic hydroxyl groups is 1. The highest BCUT2D eigenvalue weighted by Crippen LogP contribution is 2.33. The molecule has 0 bridgehead atoms. The molecule has 3 aromatic heterocycles. The molecule has 2 aliphatic rings. The first-order valence-corrected chi connectivity index (χ1v) is 16.8. The third-order valence-corrected chi connectivity index (χ3v) is 11.1. The van der Waals surface area contributed by atoms with Crippen LogP contribution in [0.1, 0.15) is 49.5 Å². The van der Waals surface area contributed by atoms with Gasteiger partial charge >= 0.3 is 4.87 Å². The molecule has 4 N–H and O–H groups in total. The summed E-state index contributed by atoms with van der Waals surface area (Å²) in [4.78, 5) is 34.9. The van der Waals surface area contributed by atoms with Crippen LogP contribution in [0.4, 0.5) is 0 Å². The van der Waals surface area contributed by atoms with Crippen LogP contribution >= 0.6 is 34.0 Å². The van der Waals surface area contributed by atoms with Gasteiger partial charge in [-0.05, 0) is 67.9 Å². The van der Waals surface area contributed by atoms with Crippen molar-refractivity contribution in [3.8, 4) is 5.75 Å². The van der Waals surface area contributed by atoms with Crippen LogP contribution in [0.15, 0.2) is 40.5 Å². The zero-order chi connectivity index (χ0) is 29.3. The number of carbonyl (C=O) groups excluding carboxylic acids is 1. The Morgan fingerprint density at radius 3 is 2.81 bits per heavy atom. The molecule has 0 saturated carbocycles. The van der Waals surface area contributed by atoms with Gasteiger partial charge in [-0.2, -0.15) is 0 Å². The highest BCUT2D eigenvalue weighted by molar-refractivity contribution is 7.16. The number of piperidine rings is 1. The molecule has 2 fully saturated rings. The zero-order valence-corrected chi connectivity index (χ0v) is 26.0. The minimum absolute atomic E-state index is 0.00919. The molecule has 1 aromatic carbocycles. The van der Waals surface area contributed by atoms with E-state index in [9.17, 15) is 19.8 Å². The van der Waals surface area contributed by atoms with Crippen LogP contribution in [0.3, 0.4) is 0 Å². The Morgan fingerprint density at radius 1 is 1.19 bits per heavy atom. The van der Waals surface area contributed by atoms with Crippen LogP contribution in [0, 0.1) is 6.92 Å². The molecule has 1 amide bonds. The summed E-state index contributed by atoms with van der Waals surface area (Å²) < 4.78 is 6.88. The highest BCUT2D eigenvalue weighted by Gasteiger charge is 2.41. The van der Waals surface area contributed by atoms with Crippen molar-refractivity contribution in [1.29, 1.82) is 0 Å². The number of H-pyrrole nitrogens is 1. The topological polar surface area (TPSA) is 118 Å². The van der Waals surface area contributed by atoms with E-state index in [0.717, 1.165) is 66.5 Å². The molecular weight excluding hydrogens is 593 g/mol. The fourth-order valence-corrected chi connectivity index (χ4v) is 8.61. The van der Waals surface area contributed by atoms with E-state index in [-0.39, 0.29) is 22.1 Å². The number of rotatable bonds is 9. The number of aliphatic hydroxyl groups is 1. The Labute approximate surface area is 256 Å². The molecule has 12 heteroatoms. The van der Waals surface area contributed by atoms with E-state index >= 15 is 0 Å². The summed E-state index contributed by atoms with van der Waals surface area (Å²) in [5.41, 5.74) is 2.05. The number of hydrogen-bond donors (Lipinski definition) is 4. The molecular formula is C30H36N4O5S3. The Hall–Kier alpha value is -2.58. The number of aromatic nitrogens is 1. The van der Waals surface area contributed by atoms with Crippen molar-refractivity contribution in [3.05, 3.63) is 71.1 Å². The Bertz CT molecular complexity index is 1600. The van der Waals surface area contributed by atoms with Crippen molar-refractivity contribution >= 4 is 50.1 Å². The van der Waals surface area contributed by atoms with E-state index in [2.05, 4.69) is 26.6 Å². The number of thiazole rings is 1. The van der Waals surface area contributed by atoms with Gasteiger partial charge in [0.1, 0.15) is 11.3 Å². The van der Waals surface area contributed by atoms with Crippen LogP contribution in [0.2, 0.25) is 0 Å². The van der Waals surface area contributed by atoms with E-state index < -0.39 is 6.10 Å². The number of carbonyl (C=O) groups is 1. The predicted molar refractivity (Wildman–Crippen MR) is 168 cm³/mol. The van der Waals surface area contributed by atoms with Crippen LogP contribution in [-0.2, 0) is 17.7 Å². The number of nitrogens with one attached hydrogen (secondary N) is 2. The second-order valence-corrected chi connectivity index (χ2v) is 14.5. The lowest BCUT2D eigenvalue weighted by Crippen LogP contribution is -2.57. The van der Waals surface area contributed by atoms with Crippen molar-refractivity contribution in [1.82, 2.24) is 20.1 Å². The number of thiophene rings is 2. The van der Waals surface area contributed by atoms with Gasteiger partial charge in [-0.1, -0.05) is 17.4 Å². The number of hydrogen-bond acceptors (Lipinski definition) is 10. The summed E-state index contributed by atoms with van der Waals surface area (Å²) in [6.07, 6.45) is 1.93. The second-order valence-electron chi connectivity index (χ2n) is 11.2. The third kappa shape index (κ3) is 6.49. The average molecular weight is 629 g/mol. The van der Waals surface area contributed by atoms with Gasteiger partial charge in [0.05, 0.1) is 34.4 Å². The monoisotopic (exact) mass is 628 g/mol. The zero-order valence-electron chi connectivity index (χ0n) is 23.6. The van der Waals surface area contributed by atoms with E-state index in [1.54, 1.807) is 28.7 Å². The second kappa shape index (κ2) is 12.6. The standard InChI is InChI=1S/C30H36N4O5S3/c1-19-2-5-25(41-19)28(37)34-12-13-39-30(18-34)7-10-33(11-8-30)16-21-14-20(17-40-21)6-9-31-15-24(36)22-3-4-23(35)26-27(22)42-29(38)32-26/h2-5,14,17,24,31,35-36H,6-13,15-16,18H2,1H3,(H,32,38). The Balaban J connectivity index is 0.946. The molecule has 0 radical (unpaired) electrons. The average Bonchev–Trinajstić information content (AvgIpc) is 3.72. The first-order chi connectivity index (χ1) is 20.3. The molecule has 2 aliphatic heterocycles. The SMILES string of the molecule is Cc1ccc(C(=O)N2CCOC3(CCN(Cc4cc(CCNCC(O)c5ccc(O)c6[nH]c(=O)sc56)cs4)CC3)C2)s1. The molecule has 42 heavy (non-hydrogen) atoms. The number of ether oxygens (including phenoxy) is 1. The maximum Gasteiger partial charge on any atom is 0.305 e. The summed E-state index contributed by atoms with van der Waals surface area (Å²) >= 11 is 4.34. The number of aliphatic hydroxyl groups excluding tert-OH is 1. The van der Waals surface area contributed by atoms with Gasteiger partial charge in [0.25, 0.3) is 5.91 Å². The Kier molecular flexibility index (Phi) is 8.83. The van der Waals surface area contributed by atoms with Crippen LogP contribution < -0.4 is 10.2 Å². The lowest BCUT2D eigenvalue weighted by atomic mass is 9.89. The minimum Gasteiger partial charge on any atom is -0.506 e. The molecule has 9 nitrogen and oxygen atoms in total. The summed E-state index contributed by atoms with van der Waals surface area (Å²) in [5.74, 6) is 0.139. The molecule has 5 heterocycles. The van der Waals surface area contributed by atoms with Crippen molar-refractivity contribution < 1.29 is 19.7 Å². The third-order valence-electron chi connectivity index (χ3n) is 8.22. The van der Waals surface area contributed by atoms with Crippen molar-refractivity contribution in [3.63, 3.8) is 0 Å². The first-order valence-electron chi connectivity index (χ1n) is 14.3. The maximum absolute atomic E-state index is 13.0. The summed E-state index contributed by atoms with van der Waals surface area (Å²) in [7, 11) is 0. The minimum atomic E-state index is -0.779. The summed E-state index contributed by atoms with van der Waals surface area (Å²) in [5, 5.41) is 26.2. The molecule has 1 spiro atoms. The van der Waals surface area contributed by atoms with E-state index in [0.29, 0.717) is 42.0 Å². The van der Waals surface area contributed by atoms with Gasteiger partial charge in [0.15, 0.2) is 0 Å². The lowest BCUT2D eigenvalue weighted by Gasteiger charge is -2.47. The van der Waals surface area contributed by atoms with Gasteiger partial charge in [-0.25, -0.2) is 0 Å². The largest absolute Gasteiger partial charge is 0.506 e. The quantitative estimate of drug-likeness (QED) is 0.206. The highest BCUT2D eigenvalue weighted by atomic mass is 32.1. The number of likely N-dealkylation sites (tertiary alicyclic amines) is 1. The fraction of sp³-hybridized carbons (Fsp3) is 0.467. The van der Waals surface area contributed by atoms with E-state index in [1.807, 2.05) is 24.0 Å². The number of fused-ring (bicyclic) bond motifs is 1. The van der Waals surface area contributed by atoms with Crippen LogP contribution in [0.5, 0.6) is 5.75 Å². The molecule has 224 valence electrons. The van der Waals surface area contributed by atoms with Gasteiger partial charge in [0, 0.05) is 48.0 Å². The molecule has 2 saturated heterocycles. The van der Waals surface area contributed by atoms with Gasteiger partial charge in [-0.15, -0.1) is 22.7 Å². The number of aryl methyl sites for hydroxylation is 1. The van der Waals surface area contributed by atoms with Crippen molar-refractivity contribution in [2.45, 2.75) is 44.4 Å². The number of aromatic amines is 1. The first kappa shape index (κ1) is 29.5. The lowest BCUT2D eigenvalue weighted by molar-refractivity contribution is -0.127. The van der Waals surface area contributed by atoms with Gasteiger partial charge in [-0.3, -0.25) is 14.5 Å². The van der Waals surface area contributed by atoms with Crippen molar-refractivity contribution in [2.75, 3.05) is 45.9 Å². The van der Waals surface area contributed by atoms with Crippen LogP contribution in [-0.4, -0.2) is 82.4 Å². The fourth-order valence-electron chi connectivity index (χ4n) is 5.89. The maximum atomic E-state index is 13.0. The van der Waals surface area contributed by atoms with E-state index in [4.69, 9.17) is 4.74 Å². The number of benzene rings is 1. The summed E-state index contributed by atoms with van der Waals surface area (Å²) in [6, 6.07) is 9.39. The molecule has 6 rings (SSSR count). The summed E-state index contributed by atoms with van der Waals surface area (Å²) in [6.45, 7) is 7.86. The molecule has 1 unspecified atom stereocenters. The predicted octanol–water partition coefficient (Wildman–Crippen LogP) is 4.10.